The third-order valence-corrected chi connectivity index (χ3v) is 4.76. The summed E-state index contributed by atoms with van der Waals surface area (Å²) < 4.78 is 20.1. The van der Waals surface area contributed by atoms with E-state index < -0.39 is 0 Å². The predicted molar refractivity (Wildman–Crippen MR) is 89.0 cm³/mol. The highest BCUT2D eigenvalue weighted by Gasteiger charge is 2.36. The Labute approximate surface area is 145 Å². The SMILES string of the molecule is Cc1nc(C(=O)N(C[C@H]2CCOC2)C2CC2)nn1-c1ccc(F)cc1. The molecule has 2 fully saturated rings. The van der Waals surface area contributed by atoms with Crippen LogP contribution < -0.4 is 0 Å². The van der Waals surface area contributed by atoms with Crippen LogP contribution in [0.15, 0.2) is 24.3 Å². The molecule has 0 spiro atoms. The zero-order valence-electron chi connectivity index (χ0n) is 14.2. The zero-order chi connectivity index (χ0) is 17.4. The van der Waals surface area contributed by atoms with Crippen molar-refractivity contribution in [3.05, 3.63) is 41.7 Å². The Balaban J connectivity index is 1.56. The van der Waals surface area contributed by atoms with Crippen LogP contribution in [0.5, 0.6) is 0 Å². The molecule has 1 aromatic heterocycles. The van der Waals surface area contributed by atoms with E-state index in [4.69, 9.17) is 4.74 Å². The summed E-state index contributed by atoms with van der Waals surface area (Å²) in [5.41, 5.74) is 0.688. The number of carbonyl (C=O) groups is 1. The Morgan fingerprint density at radius 1 is 1.32 bits per heavy atom. The lowest BCUT2D eigenvalue weighted by Crippen LogP contribution is -2.38. The third kappa shape index (κ3) is 3.42. The van der Waals surface area contributed by atoms with Crippen LogP contribution in [0, 0.1) is 18.7 Å². The minimum absolute atomic E-state index is 0.127. The summed E-state index contributed by atoms with van der Waals surface area (Å²) in [5.74, 6) is 0.766. The normalized spacial score (nSPS) is 20.0. The summed E-state index contributed by atoms with van der Waals surface area (Å²) >= 11 is 0. The number of nitrogens with zero attached hydrogens (tertiary/aromatic N) is 4. The van der Waals surface area contributed by atoms with Gasteiger partial charge in [-0.2, -0.15) is 0 Å². The Hall–Kier alpha value is -2.28. The van der Waals surface area contributed by atoms with Gasteiger partial charge in [0.1, 0.15) is 11.6 Å². The fourth-order valence-electron chi connectivity index (χ4n) is 3.23. The van der Waals surface area contributed by atoms with Gasteiger partial charge in [-0.15, -0.1) is 5.10 Å². The maximum absolute atomic E-state index is 13.1. The molecule has 1 aromatic carbocycles. The van der Waals surface area contributed by atoms with Crippen LogP contribution in [0.25, 0.3) is 5.69 Å². The van der Waals surface area contributed by atoms with Crippen LogP contribution in [-0.2, 0) is 4.74 Å². The number of halogens is 1. The molecule has 1 saturated carbocycles. The van der Waals surface area contributed by atoms with Gasteiger partial charge in [-0.1, -0.05) is 0 Å². The van der Waals surface area contributed by atoms with E-state index in [9.17, 15) is 9.18 Å². The molecule has 1 saturated heterocycles. The predicted octanol–water partition coefficient (Wildman–Crippen LogP) is 2.36. The maximum Gasteiger partial charge on any atom is 0.293 e. The van der Waals surface area contributed by atoms with Crippen molar-refractivity contribution in [2.45, 2.75) is 32.2 Å². The second-order valence-electron chi connectivity index (χ2n) is 6.79. The Morgan fingerprint density at radius 2 is 2.08 bits per heavy atom. The molecule has 2 heterocycles. The first-order chi connectivity index (χ1) is 12.1. The minimum atomic E-state index is -0.309. The fraction of sp³-hybridized carbons (Fsp3) is 0.500. The molecule has 132 valence electrons. The van der Waals surface area contributed by atoms with Gasteiger partial charge in [-0.25, -0.2) is 14.1 Å². The molecular weight excluding hydrogens is 323 g/mol. The lowest BCUT2D eigenvalue weighted by atomic mass is 10.1. The van der Waals surface area contributed by atoms with E-state index in [1.807, 2.05) is 4.90 Å². The molecule has 0 N–H and O–H groups in total. The van der Waals surface area contributed by atoms with Crippen LogP contribution >= 0.6 is 0 Å². The van der Waals surface area contributed by atoms with Crippen LogP contribution in [-0.4, -0.2) is 51.4 Å². The first-order valence-corrected chi connectivity index (χ1v) is 8.70. The quantitative estimate of drug-likeness (QED) is 0.835. The van der Waals surface area contributed by atoms with E-state index in [-0.39, 0.29) is 17.5 Å². The van der Waals surface area contributed by atoms with Crippen molar-refractivity contribution in [3.63, 3.8) is 0 Å². The number of amides is 1. The number of aryl methyl sites for hydroxylation is 1. The maximum atomic E-state index is 13.1. The Kier molecular flexibility index (Phi) is 4.25. The Bertz CT molecular complexity index is 764. The monoisotopic (exact) mass is 344 g/mol. The molecule has 1 amide bonds. The average molecular weight is 344 g/mol. The van der Waals surface area contributed by atoms with Gasteiger partial charge in [0.2, 0.25) is 5.82 Å². The molecule has 0 unspecified atom stereocenters. The molecule has 2 aromatic rings. The molecule has 0 radical (unpaired) electrons. The van der Waals surface area contributed by atoms with Gasteiger partial charge in [-0.05, 0) is 50.5 Å². The summed E-state index contributed by atoms with van der Waals surface area (Å²) in [6, 6.07) is 6.29. The van der Waals surface area contributed by atoms with E-state index in [0.29, 0.717) is 36.6 Å². The van der Waals surface area contributed by atoms with Gasteiger partial charge in [0.15, 0.2) is 0 Å². The second-order valence-corrected chi connectivity index (χ2v) is 6.79. The second kappa shape index (κ2) is 6.55. The number of benzene rings is 1. The van der Waals surface area contributed by atoms with Crippen LogP contribution in [0.1, 0.15) is 35.7 Å². The summed E-state index contributed by atoms with van der Waals surface area (Å²) in [5, 5.41) is 4.38. The van der Waals surface area contributed by atoms with E-state index in [1.54, 1.807) is 23.7 Å². The highest BCUT2D eigenvalue weighted by molar-refractivity contribution is 5.91. The number of carbonyl (C=O) groups excluding carboxylic acids is 1. The fourth-order valence-corrected chi connectivity index (χ4v) is 3.23. The third-order valence-electron chi connectivity index (χ3n) is 4.76. The van der Waals surface area contributed by atoms with E-state index in [0.717, 1.165) is 25.9 Å². The summed E-state index contributed by atoms with van der Waals surface area (Å²) in [6.45, 7) is 3.98. The van der Waals surface area contributed by atoms with Crippen LogP contribution in [0.4, 0.5) is 4.39 Å². The highest BCUT2D eigenvalue weighted by atomic mass is 19.1. The summed E-state index contributed by atoms with van der Waals surface area (Å²) in [6.07, 6.45) is 3.07. The molecule has 25 heavy (non-hydrogen) atoms. The standard InChI is InChI=1S/C18H21FN4O2/c1-12-20-17(21-23(12)16-4-2-14(19)3-5-16)18(24)22(15-6-7-15)10-13-8-9-25-11-13/h2-5,13,15H,6-11H2,1H3/t13-/m1/s1. The molecule has 1 aliphatic carbocycles. The molecule has 6 nitrogen and oxygen atoms in total. The first-order valence-electron chi connectivity index (χ1n) is 8.70. The van der Waals surface area contributed by atoms with Crippen molar-refractivity contribution < 1.29 is 13.9 Å². The smallest absolute Gasteiger partial charge is 0.293 e. The minimum Gasteiger partial charge on any atom is -0.381 e. The van der Waals surface area contributed by atoms with Crippen molar-refractivity contribution >= 4 is 5.91 Å². The molecular formula is C18H21FN4O2. The van der Waals surface area contributed by atoms with Gasteiger partial charge in [0.25, 0.3) is 5.91 Å². The van der Waals surface area contributed by atoms with Gasteiger partial charge in [0, 0.05) is 25.1 Å². The average Bonchev–Trinajstić information content (AvgIpc) is 3.17. The van der Waals surface area contributed by atoms with Gasteiger partial charge >= 0.3 is 0 Å². The number of rotatable bonds is 5. The number of aromatic nitrogens is 3. The van der Waals surface area contributed by atoms with Crippen molar-refractivity contribution in [2.24, 2.45) is 5.92 Å². The largest absolute Gasteiger partial charge is 0.381 e. The number of ether oxygens (including phenoxy) is 1. The number of hydrogen-bond acceptors (Lipinski definition) is 4. The number of hydrogen-bond donors (Lipinski definition) is 0. The van der Waals surface area contributed by atoms with E-state index >= 15 is 0 Å². The summed E-state index contributed by atoms with van der Waals surface area (Å²) in [7, 11) is 0. The van der Waals surface area contributed by atoms with Crippen molar-refractivity contribution in [2.75, 3.05) is 19.8 Å². The molecule has 1 atom stereocenters. The van der Waals surface area contributed by atoms with Gasteiger partial charge in [-0.3, -0.25) is 4.79 Å². The molecule has 2 aliphatic rings. The van der Waals surface area contributed by atoms with Gasteiger partial charge < -0.3 is 9.64 Å². The van der Waals surface area contributed by atoms with Gasteiger partial charge in [0.05, 0.1) is 12.3 Å². The molecule has 1 aliphatic heterocycles. The highest BCUT2D eigenvalue weighted by Crippen LogP contribution is 2.30. The molecule has 7 heteroatoms. The Morgan fingerprint density at radius 3 is 2.72 bits per heavy atom. The van der Waals surface area contributed by atoms with E-state index in [2.05, 4.69) is 10.1 Å². The van der Waals surface area contributed by atoms with Crippen LogP contribution in [0.2, 0.25) is 0 Å². The summed E-state index contributed by atoms with van der Waals surface area (Å²) in [4.78, 5) is 19.2. The lowest BCUT2D eigenvalue weighted by Gasteiger charge is -2.23. The van der Waals surface area contributed by atoms with Crippen molar-refractivity contribution in [1.29, 1.82) is 0 Å². The lowest BCUT2D eigenvalue weighted by molar-refractivity contribution is 0.0694. The van der Waals surface area contributed by atoms with Crippen LogP contribution in [0.3, 0.4) is 0 Å². The topological polar surface area (TPSA) is 60.3 Å². The van der Waals surface area contributed by atoms with Crippen molar-refractivity contribution in [1.82, 2.24) is 19.7 Å². The molecule has 4 rings (SSSR count). The van der Waals surface area contributed by atoms with Crippen molar-refractivity contribution in [3.8, 4) is 5.69 Å². The zero-order valence-corrected chi connectivity index (χ0v) is 14.2. The molecule has 0 bridgehead atoms. The van der Waals surface area contributed by atoms with E-state index in [1.165, 1.54) is 12.1 Å². The first kappa shape index (κ1) is 16.2.